The SMILES string of the molecule is CCc1cc(OS(=O)(=O)c2ccc(C(C)(C)C)cc2)n(-c2ccc(F)cc2)n1. The summed E-state index contributed by atoms with van der Waals surface area (Å²) in [6.45, 7) is 8.07. The fraction of sp³-hybridized carbons (Fsp3) is 0.286. The Morgan fingerprint density at radius 3 is 2.18 bits per heavy atom. The third kappa shape index (κ3) is 4.25. The van der Waals surface area contributed by atoms with Crippen molar-refractivity contribution < 1.29 is 17.0 Å². The predicted octanol–water partition coefficient (Wildman–Crippen LogP) is 4.64. The fourth-order valence-corrected chi connectivity index (χ4v) is 3.60. The molecular weight excluding hydrogens is 379 g/mol. The molecule has 0 fully saturated rings. The monoisotopic (exact) mass is 402 g/mol. The summed E-state index contributed by atoms with van der Waals surface area (Å²) in [5.74, 6) is -0.330. The van der Waals surface area contributed by atoms with Crippen LogP contribution in [0.15, 0.2) is 59.5 Å². The molecule has 0 unspecified atom stereocenters. The molecule has 3 rings (SSSR count). The van der Waals surface area contributed by atoms with Gasteiger partial charge in [0, 0.05) is 6.07 Å². The van der Waals surface area contributed by atoms with Crippen LogP contribution in [0, 0.1) is 5.82 Å². The number of aromatic nitrogens is 2. The second-order valence-electron chi connectivity index (χ2n) is 7.53. The molecule has 0 bridgehead atoms. The molecule has 28 heavy (non-hydrogen) atoms. The molecule has 0 aliphatic heterocycles. The van der Waals surface area contributed by atoms with E-state index in [0.717, 1.165) is 5.56 Å². The Morgan fingerprint density at radius 2 is 1.64 bits per heavy atom. The van der Waals surface area contributed by atoms with Gasteiger partial charge in [-0.15, -0.1) is 0 Å². The Morgan fingerprint density at radius 1 is 1.04 bits per heavy atom. The van der Waals surface area contributed by atoms with Gasteiger partial charge in [-0.25, -0.2) is 4.39 Å². The first-order chi connectivity index (χ1) is 13.1. The van der Waals surface area contributed by atoms with Gasteiger partial charge in [0.25, 0.3) is 0 Å². The summed E-state index contributed by atoms with van der Waals surface area (Å²) in [6, 6.07) is 13.8. The maximum atomic E-state index is 13.2. The lowest BCUT2D eigenvalue weighted by Gasteiger charge is -2.19. The summed E-state index contributed by atoms with van der Waals surface area (Å²) in [5.41, 5.74) is 2.11. The van der Waals surface area contributed by atoms with E-state index in [-0.39, 0.29) is 22.0 Å². The van der Waals surface area contributed by atoms with E-state index in [0.29, 0.717) is 17.8 Å². The van der Waals surface area contributed by atoms with E-state index in [1.165, 1.54) is 41.1 Å². The van der Waals surface area contributed by atoms with E-state index in [1.807, 2.05) is 6.92 Å². The summed E-state index contributed by atoms with van der Waals surface area (Å²) in [6.07, 6.45) is 0.602. The summed E-state index contributed by atoms with van der Waals surface area (Å²) in [7, 11) is -4.04. The third-order valence-electron chi connectivity index (χ3n) is 4.36. The highest BCUT2D eigenvalue weighted by molar-refractivity contribution is 7.87. The number of halogens is 1. The van der Waals surface area contributed by atoms with Crippen LogP contribution < -0.4 is 4.18 Å². The van der Waals surface area contributed by atoms with Gasteiger partial charge < -0.3 is 4.18 Å². The maximum Gasteiger partial charge on any atom is 0.340 e. The molecule has 0 radical (unpaired) electrons. The first-order valence-corrected chi connectivity index (χ1v) is 10.4. The molecule has 7 heteroatoms. The third-order valence-corrected chi connectivity index (χ3v) is 5.60. The van der Waals surface area contributed by atoms with Crippen molar-refractivity contribution in [2.45, 2.75) is 44.4 Å². The highest BCUT2D eigenvalue weighted by Crippen LogP contribution is 2.27. The van der Waals surface area contributed by atoms with Gasteiger partial charge in [0.1, 0.15) is 10.7 Å². The lowest BCUT2D eigenvalue weighted by atomic mass is 9.87. The van der Waals surface area contributed by atoms with Crippen LogP contribution in [-0.2, 0) is 22.0 Å². The van der Waals surface area contributed by atoms with Crippen LogP contribution in [0.2, 0.25) is 0 Å². The molecule has 0 atom stereocenters. The van der Waals surface area contributed by atoms with Gasteiger partial charge in [0.15, 0.2) is 0 Å². The largest absolute Gasteiger partial charge is 0.358 e. The molecule has 3 aromatic rings. The van der Waals surface area contributed by atoms with E-state index in [1.54, 1.807) is 18.2 Å². The van der Waals surface area contributed by atoms with E-state index >= 15 is 0 Å². The minimum atomic E-state index is -4.04. The standard InChI is InChI=1S/C21H23FN2O3S/c1-5-17-14-20(24(23-17)18-10-8-16(22)9-11-18)27-28(25,26)19-12-6-15(7-13-19)21(2,3)4/h6-14H,5H2,1-4H3. The first-order valence-electron chi connectivity index (χ1n) is 9.00. The molecule has 0 saturated heterocycles. The molecular formula is C21H23FN2O3S. The van der Waals surface area contributed by atoms with Crippen molar-refractivity contribution in [2.75, 3.05) is 0 Å². The number of benzene rings is 2. The Hall–Kier alpha value is -2.67. The average Bonchev–Trinajstić information content (AvgIpc) is 3.04. The first kappa shape index (κ1) is 20.1. The molecule has 0 N–H and O–H groups in total. The normalized spacial score (nSPS) is 12.2. The van der Waals surface area contributed by atoms with Crippen molar-refractivity contribution in [2.24, 2.45) is 0 Å². The summed E-state index contributed by atoms with van der Waals surface area (Å²) >= 11 is 0. The van der Waals surface area contributed by atoms with Crippen molar-refractivity contribution in [1.29, 1.82) is 0 Å². The van der Waals surface area contributed by atoms with E-state index < -0.39 is 10.1 Å². The summed E-state index contributed by atoms with van der Waals surface area (Å²) in [5, 5.41) is 4.36. The zero-order valence-corrected chi connectivity index (χ0v) is 17.1. The predicted molar refractivity (Wildman–Crippen MR) is 106 cm³/mol. The van der Waals surface area contributed by atoms with Crippen LogP contribution in [0.3, 0.4) is 0 Å². The van der Waals surface area contributed by atoms with Crippen LogP contribution in [-0.4, -0.2) is 18.2 Å². The topological polar surface area (TPSA) is 61.2 Å². The Balaban J connectivity index is 1.96. The average molecular weight is 402 g/mol. The molecule has 1 heterocycles. The quantitative estimate of drug-likeness (QED) is 0.584. The van der Waals surface area contributed by atoms with Crippen molar-refractivity contribution in [3.05, 3.63) is 71.7 Å². The van der Waals surface area contributed by atoms with E-state index in [4.69, 9.17) is 4.18 Å². The summed E-state index contributed by atoms with van der Waals surface area (Å²) < 4.78 is 45.5. The van der Waals surface area contributed by atoms with Gasteiger partial charge in [0.05, 0.1) is 11.4 Å². The van der Waals surface area contributed by atoms with Crippen molar-refractivity contribution in [3.8, 4) is 11.6 Å². The maximum absolute atomic E-state index is 13.2. The van der Waals surface area contributed by atoms with Gasteiger partial charge in [-0.2, -0.15) is 18.2 Å². The molecule has 0 spiro atoms. The molecule has 5 nitrogen and oxygen atoms in total. The van der Waals surface area contributed by atoms with Gasteiger partial charge in [-0.1, -0.05) is 39.8 Å². The van der Waals surface area contributed by atoms with Gasteiger partial charge in [-0.3, -0.25) is 0 Å². The molecule has 1 aromatic heterocycles. The molecule has 0 aliphatic rings. The van der Waals surface area contributed by atoms with Gasteiger partial charge in [0.2, 0.25) is 5.88 Å². The second kappa shape index (κ2) is 7.39. The van der Waals surface area contributed by atoms with Crippen LogP contribution >= 0.6 is 0 Å². The molecule has 0 saturated carbocycles. The molecule has 0 aliphatic carbocycles. The summed E-state index contributed by atoms with van der Waals surface area (Å²) in [4.78, 5) is 0.0606. The minimum absolute atomic E-state index is 0.0587. The molecule has 2 aromatic carbocycles. The molecule has 148 valence electrons. The zero-order chi connectivity index (χ0) is 20.5. The van der Waals surface area contributed by atoms with Crippen LogP contribution in [0.25, 0.3) is 5.69 Å². The van der Waals surface area contributed by atoms with Gasteiger partial charge in [-0.05, 0) is 53.8 Å². The number of hydrogen-bond acceptors (Lipinski definition) is 4. The minimum Gasteiger partial charge on any atom is -0.358 e. The Labute approximate surface area is 164 Å². The number of nitrogens with zero attached hydrogens (tertiary/aromatic N) is 2. The second-order valence-corrected chi connectivity index (χ2v) is 9.07. The van der Waals surface area contributed by atoms with Crippen LogP contribution in [0.5, 0.6) is 5.88 Å². The zero-order valence-electron chi connectivity index (χ0n) is 16.3. The Kier molecular flexibility index (Phi) is 5.30. The van der Waals surface area contributed by atoms with Crippen LogP contribution in [0.1, 0.15) is 39.0 Å². The number of rotatable bonds is 5. The number of hydrogen-bond donors (Lipinski definition) is 0. The van der Waals surface area contributed by atoms with Crippen molar-refractivity contribution >= 4 is 10.1 Å². The highest BCUT2D eigenvalue weighted by atomic mass is 32.2. The fourth-order valence-electron chi connectivity index (χ4n) is 2.69. The Bertz CT molecular complexity index is 1060. The lowest BCUT2D eigenvalue weighted by molar-refractivity contribution is 0.464. The molecule has 0 amide bonds. The smallest absolute Gasteiger partial charge is 0.340 e. The highest BCUT2D eigenvalue weighted by Gasteiger charge is 2.22. The van der Waals surface area contributed by atoms with E-state index in [9.17, 15) is 12.8 Å². The van der Waals surface area contributed by atoms with Crippen molar-refractivity contribution in [3.63, 3.8) is 0 Å². The lowest BCUT2D eigenvalue weighted by Crippen LogP contribution is -2.14. The van der Waals surface area contributed by atoms with E-state index in [2.05, 4.69) is 25.9 Å². The van der Waals surface area contributed by atoms with Crippen molar-refractivity contribution in [1.82, 2.24) is 9.78 Å². The van der Waals surface area contributed by atoms with Crippen LogP contribution in [0.4, 0.5) is 4.39 Å². The number of aryl methyl sites for hydroxylation is 1. The van der Waals surface area contributed by atoms with Gasteiger partial charge >= 0.3 is 10.1 Å².